The SMILES string of the molecule is O=C(c1cc(-c2ccc(O)cc2)nc2[nH]nc(C=Cc3cccc(Cl)c3)c12)N1CCNCC1. The van der Waals surface area contributed by atoms with Crippen LogP contribution in [0.1, 0.15) is 21.6 Å². The predicted octanol–water partition coefficient (Wildman–Crippen LogP) is 4.20. The van der Waals surface area contributed by atoms with Crippen molar-refractivity contribution in [2.45, 2.75) is 0 Å². The zero-order chi connectivity index (χ0) is 22.8. The van der Waals surface area contributed by atoms with Gasteiger partial charge in [-0.15, -0.1) is 0 Å². The minimum atomic E-state index is -0.0530. The monoisotopic (exact) mass is 459 g/mol. The second-order valence-electron chi connectivity index (χ2n) is 7.86. The molecule has 33 heavy (non-hydrogen) atoms. The number of amides is 1. The van der Waals surface area contributed by atoms with E-state index in [1.54, 1.807) is 24.3 Å². The fourth-order valence-corrected chi connectivity index (χ4v) is 4.15. The van der Waals surface area contributed by atoms with Crippen LogP contribution >= 0.6 is 11.6 Å². The standard InChI is InChI=1S/C25H22ClN5O2/c26-18-3-1-2-16(14-18)4-9-21-23-20(25(33)31-12-10-27-11-13-31)15-22(28-24(23)30-29-21)17-5-7-19(32)8-6-17/h1-9,14-15,27,32H,10-13H2,(H,28,29,30). The topological polar surface area (TPSA) is 94.1 Å². The normalized spacial score (nSPS) is 14.3. The third-order valence-corrected chi connectivity index (χ3v) is 5.87. The number of phenols is 1. The molecule has 1 aliphatic rings. The molecular formula is C25H22ClN5O2. The molecule has 0 bridgehead atoms. The van der Waals surface area contributed by atoms with Crippen LogP contribution in [0.3, 0.4) is 0 Å². The van der Waals surface area contributed by atoms with E-state index in [0.29, 0.717) is 46.1 Å². The van der Waals surface area contributed by atoms with Gasteiger partial charge in [-0.3, -0.25) is 9.89 Å². The van der Waals surface area contributed by atoms with E-state index in [-0.39, 0.29) is 11.7 Å². The van der Waals surface area contributed by atoms with Crippen LogP contribution in [0.25, 0.3) is 34.4 Å². The number of halogens is 1. The highest BCUT2D eigenvalue weighted by atomic mass is 35.5. The molecule has 1 aliphatic heterocycles. The van der Waals surface area contributed by atoms with Crippen molar-refractivity contribution in [2.24, 2.45) is 0 Å². The van der Waals surface area contributed by atoms with Gasteiger partial charge < -0.3 is 15.3 Å². The highest BCUT2D eigenvalue weighted by molar-refractivity contribution is 6.30. The zero-order valence-electron chi connectivity index (χ0n) is 17.8. The summed E-state index contributed by atoms with van der Waals surface area (Å²) in [4.78, 5) is 20.1. The number of fused-ring (bicyclic) bond motifs is 1. The average Bonchev–Trinajstić information content (AvgIpc) is 3.26. The summed E-state index contributed by atoms with van der Waals surface area (Å²) < 4.78 is 0. The Bertz CT molecular complexity index is 1340. The summed E-state index contributed by atoms with van der Waals surface area (Å²) in [5.41, 5.74) is 4.08. The minimum absolute atomic E-state index is 0.0530. The van der Waals surface area contributed by atoms with E-state index >= 15 is 0 Å². The number of carbonyl (C=O) groups is 1. The van der Waals surface area contributed by atoms with Gasteiger partial charge in [-0.1, -0.05) is 29.8 Å². The van der Waals surface area contributed by atoms with Crippen molar-refractivity contribution in [1.29, 1.82) is 0 Å². The van der Waals surface area contributed by atoms with Gasteiger partial charge in [0.05, 0.1) is 22.3 Å². The summed E-state index contributed by atoms with van der Waals surface area (Å²) in [6, 6.07) is 16.1. The van der Waals surface area contributed by atoms with Crippen molar-refractivity contribution in [1.82, 2.24) is 25.4 Å². The number of hydrogen-bond donors (Lipinski definition) is 3. The molecule has 0 atom stereocenters. The van der Waals surface area contributed by atoms with Gasteiger partial charge in [-0.2, -0.15) is 5.10 Å². The molecule has 3 heterocycles. The number of aromatic hydroxyl groups is 1. The van der Waals surface area contributed by atoms with Gasteiger partial charge in [-0.25, -0.2) is 4.98 Å². The van der Waals surface area contributed by atoms with E-state index in [9.17, 15) is 9.90 Å². The molecule has 1 amide bonds. The quantitative estimate of drug-likeness (QED) is 0.425. The number of aromatic nitrogens is 3. The van der Waals surface area contributed by atoms with Crippen LogP contribution < -0.4 is 5.32 Å². The number of pyridine rings is 1. The number of H-pyrrole nitrogens is 1. The molecule has 1 fully saturated rings. The first-order valence-corrected chi connectivity index (χ1v) is 11.1. The second kappa shape index (κ2) is 9.05. The molecule has 4 aromatic rings. The summed E-state index contributed by atoms with van der Waals surface area (Å²) in [5, 5.41) is 21.7. The Morgan fingerprint density at radius 1 is 1.06 bits per heavy atom. The lowest BCUT2D eigenvalue weighted by molar-refractivity contribution is 0.0737. The fourth-order valence-electron chi connectivity index (χ4n) is 3.95. The highest BCUT2D eigenvalue weighted by Gasteiger charge is 2.24. The van der Waals surface area contributed by atoms with Crippen LogP contribution in [0.15, 0.2) is 54.6 Å². The molecule has 2 aromatic carbocycles. The molecule has 0 radical (unpaired) electrons. The number of nitrogens with zero attached hydrogens (tertiary/aromatic N) is 3. The Morgan fingerprint density at radius 3 is 2.61 bits per heavy atom. The number of piperazine rings is 1. The number of phenolic OH excluding ortho intramolecular Hbond substituents is 1. The van der Waals surface area contributed by atoms with E-state index in [0.717, 1.165) is 24.2 Å². The van der Waals surface area contributed by atoms with Crippen LogP contribution in [-0.4, -0.2) is 57.3 Å². The third kappa shape index (κ3) is 4.46. The van der Waals surface area contributed by atoms with Crippen LogP contribution in [0.4, 0.5) is 0 Å². The molecular weight excluding hydrogens is 438 g/mol. The molecule has 166 valence electrons. The second-order valence-corrected chi connectivity index (χ2v) is 8.30. The van der Waals surface area contributed by atoms with Crippen LogP contribution in [0.5, 0.6) is 5.75 Å². The predicted molar refractivity (Wildman–Crippen MR) is 130 cm³/mol. The molecule has 7 nitrogen and oxygen atoms in total. The van der Waals surface area contributed by atoms with Crippen LogP contribution in [0.2, 0.25) is 5.02 Å². The molecule has 0 aliphatic carbocycles. The first-order chi connectivity index (χ1) is 16.1. The number of carbonyl (C=O) groups excluding carboxylic acids is 1. The first kappa shape index (κ1) is 21.2. The van der Waals surface area contributed by atoms with E-state index < -0.39 is 0 Å². The Morgan fingerprint density at radius 2 is 1.85 bits per heavy atom. The third-order valence-electron chi connectivity index (χ3n) is 5.64. The Kier molecular flexibility index (Phi) is 5.81. The summed E-state index contributed by atoms with van der Waals surface area (Å²) in [6.07, 6.45) is 3.77. The zero-order valence-corrected chi connectivity index (χ0v) is 18.5. The number of nitrogens with one attached hydrogen (secondary N) is 2. The van der Waals surface area contributed by atoms with Crippen molar-refractivity contribution in [2.75, 3.05) is 26.2 Å². The van der Waals surface area contributed by atoms with Gasteiger partial charge in [0.1, 0.15) is 5.75 Å². The Labute approximate surface area is 195 Å². The molecule has 8 heteroatoms. The van der Waals surface area contributed by atoms with Gasteiger partial charge in [0, 0.05) is 36.8 Å². The van der Waals surface area contributed by atoms with Crippen LogP contribution in [0, 0.1) is 0 Å². The van der Waals surface area contributed by atoms with E-state index in [2.05, 4.69) is 15.5 Å². The van der Waals surface area contributed by atoms with Gasteiger partial charge in [-0.05, 0) is 54.1 Å². The van der Waals surface area contributed by atoms with E-state index in [1.807, 2.05) is 47.4 Å². The minimum Gasteiger partial charge on any atom is -0.508 e. The summed E-state index contributed by atoms with van der Waals surface area (Å²) in [7, 11) is 0. The van der Waals surface area contributed by atoms with Gasteiger partial charge in [0.25, 0.3) is 5.91 Å². The molecule has 3 N–H and O–H groups in total. The number of benzene rings is 2. The molecule has 1 saturated heterocycles. The molecule has 0 saturated carbocycles. The van der Waals surface area contributed by atoms with Crippen molar-refractivity contribution in [3.05, 3.63) is 76.4 Å². The maximum atomic E-state index is 13.6. The lowest BCUT2D eigenvalue weighted by Gasteiger charge is -2.27. The number of hydrogen-bond acceptors (Lipinski definition) is 5. The molecule has 2 aromatic heterocycles. The Hall–Kier alpha value is -3.68. The fraction of sp³-hybridized carbons (Fsp3) is 0.160. The van der Waals surface area contributed by atoms with E-state index in [1.165, 1.54) is 0 Å². The van der Waals surface area contributed by atoms with E-state index in [4.69, 9.17) is 16.6 Å². The largest absolute Gasteiger partial charge is 0.508 e. The number of aromatic amines is 1. The molecule has 0 unspecified atom stereocenters. The average molecular weight is 460 g/mol. The maximum Gasteiger partial charge on any atom is 0.254 e. The molecule has 0 spiro atoms. The molecule has 5 rings (SSSR count). The smallest absolute Gasteiger partial charge is 0.254 e. The summed E-state index contributed by atoms with van der Waals surface area (Å²) >= 11 is 6.10. The Balaban J connectivity index is 1.62. The van der Waals surface area contributed by atoms with Gasteiger partial charge in [0.2, 0.25) is 0 Å². The summed E-state index contributed by atoms with van der Waals surface area (Å²) in [6.45, 7) is 2.81. The van der Waals surface area contributed by atoms with Crippen molar-refractivity contribution < 1.29 is 9.90 Å². The summed E-state index contributed by atoms with van der Waals surface area (Å²) in [5.74, 6) is 0.120. The van der Waals surface area contributed by atoms with Crippen molar-refractivity contribution >= 4 is 40.7 Å². The first-order valence-electron chi connectivity index (χ1n) is 10.7. The maximum absolute atomic E-state index is 13.6. The van der Waals surface area contributed by atoms with Gasteiger partial charge >= 0.3 is 0 Å². The van der Waals surface area contributed by atoms with Gasteiger partial charge in [0.15, 0.2) is 5.65 Å². The highest BCUT2D eigenvalue weighted by Crippen LogP contribution is 2.29. The van der Waals surface area contributed by atoms with Crippen molar-refractivity contribution in [3.63, 3.8) is 0 Å². The number of rotatable bonds is 4. The van der Waals surface area contributed by atoms with Crippen LogP contribution in [-0.2, 0) is 0 Å². The lowest BCUT2D eigenvalue weighted by atomic mass is 10.0. The van der Waals surface area contributed by atoms with Crippen molar-refractivity contribution in [3.8, 4) is 17.0 Å². The lowest BCUT2D eigenvalue weighted by Crippen LogP contribution is -2.46.